The van der Waals surface area contributed by atoms with Gasteiger partial charge >= 0.3 is 11.9 Å². The molecule has 0 unspecified atom stereocenters. The number of carboxylic acid groups (broad SMARTS) is 2. The highest BCUT2D eigenvalue weighted by atomic mass is 32.2. The minimum atomic E-state index is -1.08. The standard InChI is InChI=1S/C16H14O5S/c1-21-12-5-2-10(3-6-12)9-22-14-8-11(15(17)18)4-7-13(14)16(19)20/h2-8H,9H2,1H3,(H,17,18)(H,19,20). The predicted molar refractivity (Wildman–Crippen MR) is 82.9 cm³/mol. The van der Waals surface area contributed by atoms with Crippen molar-refractivity contribution in [2.45, 2.75) is 10.6 Å². The minimum Gasteiger partial charge on any atom is -0.497 e. The zero-order chi connectivity index (χ0) is 16.1. The molecule has 0 aliphatic carbocycles. The van der Waals surface area contributed by atoms with Crippen LogP contribution in [-0.4, -0.2) is 29.3 Å². The van der Waals surface area contributed by atoms with Gasteiger partial charge in [0.25, 0.3) is 0 Å². The fourth-order valence-corrected chi connectivity index (χ4v) is 2.87. The molecule has 0 bridgehead atoms. The van der Waals surface area contributed by atoms with Crippen LogP contribution in [0.1, 0.15) is 26.3 Å². The van der Waals surface area contributed by atoms with E-state index in [1.54, 1.807) is 7.11 Å². The van der Waals surface area contributed by atoms with Crippen LogP contribution in [0.4, 0.5) is 0 Å². The summed E-state index contributed by atoms with van der Waals surface area (Å²) in [6.07, 6.45) is 0. The Morgan fingerprint density at radius 1 is 1.05 bits per heavy atom. The van der Waals surface area contributed by atoms with Crippen LogP contribution in [0.3, 0.4) is 0 Å². The molecule has 0 atom stereocenters. The molecular weight excluding hydrogens is 304 g/mol. The molecule has 22 heavy (non-hydrogen) atoms. The highest BCUT2D eigenvalue weighted by Gasteiger charge is 2.14. The van der Waals surface area contributed by atoms with Crippen LogP contribution in [0.25, 0.3) is 0 Å². The first-order chi connectivity index (χ1) is 10.5. The molecule has 2 rings (SSSR count). The van der Waals surface area contributed by atoms with Crippen molar-refractivity contribution < 1.29 is 24.5 Å². The van der Waals surface area contributed by atoms with Crippen molar-refractivity contribution in [3.8, 4) is 5.75 Å². The van der Waals surface area contributed by atoms with Gasteiger partial charge in [-0.2, -0.15) is 0 Å². The molecule has 0 saturated heterocycles. The second-order valence-electron chi connectivity index (χ2n) is 4.46. The fourth-order valence-electron chi connectivity index (χ4n) is 1.83. The van der Waals surface area contributed by atoms with Gasteiger partial charge in [-0.1, -0.05) is 12.1 Å². The molecule has 0 spiro atoms. The molecule has 2 aromatic carbocycles. The summed E-state index contributed by atoms with van der Waals surface area (Å²) in [4.78, 5) is 22.7. The van der Waals surface area contributed by atoms with E-state index in [-0.39, 0.29) is 11.1 Å². The molecule has 0 radical (unpaired) electrons. The van der Waals surface area contributed by atoms with Crippen LogP contribution in [-0.2, 0) is 5.75 Å². The van der Waals surface area contributed by atoms with E-state index in [1.165, 1.54) is 30.0 Å². The van der Waals surface area contributed by atoms with E-state index in [9.17, 15) is 14.7 Å². The zero-order valence-electron chi connectivity index (χ0n) is 11.8. The third kappa shape index (κ3) is 3.79. The number of ether oxygens (including phenoxy) is 1. The lowest BCUT2D eigenvalue weighted by molar-refractivity contribution is 0.0678. The first kappa shape index (κ1) is 15.9. The third-order valence-electron chi connectivity index (χ3n) is 3.01. The van der Waals surface area contributed by atoms with Gasteiger partial charge in [0.1, 0.15) is 5.75 Å². The minimum absolute atomic E-state index is 0.0715. The van der Waals surface area contributed by atoms with E-state index in [0.29, 0.717) is 10.6 Å². The van der Waals surface area contributed by atoms with E-state index in [1.807, 2.05) is 24.3 Å². The second kappa shape index (κ2) is 7.00. The Morgan fingerprint density at radius 2 is 1.73 bits per heavy atom. The summed E-state index contributed by atoms with van der Waals surface area (Å²) >= 11 is 1.29. The number of methoxy groups -OCH3 is 1. The van der Waals surface area contributed by atoms with Gasteiger partial charge in [-0.25, -0.2) is 9.59 Å². The van der Waals surface area contributed by atoms with Gasteiger partial charge in [-0.15, -0.1) is 11.8 Å². The van der Waals surface area contributed by atoms with E-state index in [0.717, 1.165) is 11.3 Å². The molecule has 6 heteroatoms. The summed E-state index contributed by atoms with van der Waals surface area (Å²) in [7, 11) is 1.58. The van der Waals surface area contributed by atoms with Crippen molar-refractivity contribution in [3.05, 3.63) is 59.2 Å². The van der Waals surface area contributed by atoms with Gasteiger partial charge in [0.15, 0.2) is 0 Å². The van der Waals surface area contributed by atoms with Crippen molar-refractivity contribution in [2.24, 2.45) is 0 Å². The molecule has 0 aliphatic heterocycles. The molecular formula is C16H14O5S. The van der Waals surface area contributed by atoms with E-state index < -0.39 is 11.9 Å². The topological polar surface area (TPSA) is 83.8 Å². The van der Waals surface area contributed by atoms with Gasteiger partial charge in [-0.05, 0) is 35.9 Å². The molecule has 0 aliphatic rings. The van der Waals surface area contributed by atoms with Gasteiger partial charge in [0.05, 0.1) is 18.2 Å². The molecule has 0 saturated carbocycles. The van der Waals surface area contributed by atoms with Crippen LogP contribution in [0.5, 0.6) is 5.75 Å². The normalized spacial score (nSPS) is 10.2. The highest BCUT2D eigenvalue weighted by Crippen LogP contribution is 2.28. The number of hydrogen-bond donors (Lipinski definition) is 2. The molecule has 0 heterocycles. The van der Waals surface area contributed by atoms with Crippen molar-refractivity contribution in [1.29, 1.82) is 0 Å². The maximum Gasteiger partial charge on any atom is 0.336 e. The molecule has 2 N–H and O–H groups in total. The summed E-state index contributed by atoms with van der Waals surface area (Å²) < 4.78 is 5.07. The Morgan fingerprint density at radius 3 is 2.27 bits per heavy atom. The summed E-state index contributed by atoms with van der Waals surface area (Å²) in [6.45, 7) is 0. The van der Waals surface area contributed by atoms with Crippen LogP contribution >= 0.6 is 11.8 Å². The largest absolute Gasteiger partial charge is 0.497 e. The van der Waals surface area contributed by atoms with Crippen molar-refractivity contribution in [2.75, 3.05) is 7.11 Å². The average molecular weight is 318 g/mol. The zero-order valence-corrected chi connectivity index (χ0v) is 12.6. The Labute approximate surface area is 131 Å². The SMILES string of the molecule is COc1ccc(CSc2cc(C(=O)O)ccc2C(=O)O)cc1. The molecule has 0 fully saturated rings. The Hall–Kier alpha value is -2.47. The van der Waals surface area contributed by atoms with Crippen LogP contribution in [0, 0.1) is 0 Å². The van der Waals surface area contributed by atoms with Gasteiger partial charge in [-0.3, -0.25) is 0 Å². The van der Waals surface area contributed by atoms with Crippen molar-refractivity contribution in [1.82, 2.24) is 0 Å². The quantitative estimate of drug-likeness (QED) is 0.794. The predicted octanol–water partition coefficient (Wildman–Crippen LogP) is 3.38. The molecule has 114 valence electrons. The first-order valence-electron chi connectivity index (χ1n) is 6.37. The van der Waals surface area contributed by atoms with Gasteiger partial charge < -0.3 is 14.9 Å². The first-order valence-corrected chi connectivity index (χ1v) is 7.36. The Balaban J connectivity index is 2.20. The third-order valence-corrected chi connectivity index (χ3v) is 4.14. The average Bonchev–Trinajstić information content (AvgIpc) is 2.52. The lowest BCUT2D eigenvalue weighted by atomic mass is 10.1. The van der Waals surface area contributed by atoms with Crippen molar-refractivity contribution in [3.63, 3.8) is 0 Å². The number of carboxylic acids is 2. The van der Waals surface area contributed by atoms with Crippen LogP contribution < -0.4 is 4.74 Å². The Kier molecular flexibility index (Phi) is 5.06. The summed E-state index contributed by atoms with van der Waals surface area (Å²) in [5.74, 6) is -0.877. The van der Waals surface area contributed by atoms with Gasteiger partial charge in [0.2, 0.25) is 0 Å². The smallest absolute Gasteiger partial charge is 0.336 e. The number of carbonyl (C=O) groups is 2. The maximum absolute atomic E-state index is 11.2. The Bertz CT molecular complexity index is 694. The lowest BCUT2D eigenvalue weighted by Gasteiger charge is -2.08. The second-order valence-corrected chi connectivity index (χ2v) is 5.48. The number of benzene rings is 2. The number of hydrogen-bond acceptors (Lipinski definition) is 4. The summed E-state index contributed by atoms with van der Waals surface area (Å²) in [6, 6.07) is 11.4. The van der Waals surface area contributed by atoms with E-state index >= 15 is 0 Å². The molecule has 0 aromatic heterocycles. The number of rotatable bonds is 6. The fraction of sp³-hybridized carbons (Fsp3) is 0.125. The number of thioether (sulfide) groups is 1. The highest BCUT2D eigenvalue weighted by molar-refractivity contribution is 7.98. The maximum atomic E-state index is 11.2. The molecule has 0 amide bonds. The van der Waals surface area contributed by atoms with Crippen LogP contribution in [0.15, 0.2) is 47.4 Å². The summed E-state index contributed by atoms with van der Waals surface area (Å²) in [5, 5.41) is 18.2. The van der Waals surface area contributed by atoms with E-state index in [4.69, 9.17) is 9.84 Å². The van der Waals surface area contributed by atoms with Gasteiger partial charge in [0, 0.05) is 10.6 Å². The lowest BCUT2D eigenvalue weighted by Crippen LogP contribution is -2.03. The summed E-state index contributed by atoms with van der Waals surface area (Å²) in [5.41, 5.74) is 1.16. The molecule has 5 nitrogen and oxygen atoms in total. The van der Waals surface area contributed by atoms with Crippen molar-refractivity contribution >= 4 is 23.7 Å². The molecule has 2 aromatic rings. The number of aromatic carboxylic acids is 2. The van der Waals surface area contributed by atoms with Crippen LogP contribution in [0.2, 0.25) is 0 Å². The van der Waals surface area contributed by atoms with E-state index in [2.05, 4.69) is 0 Å². The monoisotopic (exact) mass is 318 g/mol.